The number of hydrogen-bond donors (Lipinski definition) is 5. The van der Waals surface area contributed by atoms with Gasteiger partial charge in [-0.25, -0.2) is 4.79 Å². The van der Waals surface area contributed by atoms with Gasteiger partial charge in [0, 0.05) is 6.54 Å². The molecule has 0 aliphatic heterocycles. The fourth-order valence-electron chi connectivity index (χ4n) is 2.44. The molecule has 7 N–H and O–H groups in total. The number of carboxylic acids is 1. The summed E-state index contributed by atoms with van der Waals surface area (Å²) in [7, 11) is 0. The maximum Gasteiger partial charge on any atom is 0.326 e. The third kappa shape index (κ3) is 7.20. The Morgan fingerprint density at radius 1 is 1.04 bits per heavy atom. The van der Waals surface area contributed by atoms with Crippen LogP contribution in [-0.2, 0) is 20.8 Å². The standard InChI is InChI=1S/C18H28N4O4/c1-11(2)8-14(18(25)26)21-17(24)15(10-19)22-16(23)13(20)9-12-6-4-3-5-7-12/h3-7,11,13-15H,8-10,19-20H2,1-2H3,(H,21,24)(H,22,23)(H,25,26)/t13-,14-,15-/m0/s1. The predicted molar refractivity (Wildman–Crippen MR) is 98.1 cm³/mol. The number of hydrogen-bond acceptors (Lipinski definition) is 5. The van der Waals surface area contributed by atoms with E-state index in [1.54, 1.807) is 0 Å². The molecule has 144 valence electrons. The van der Waals surface area contributed by atoms with E-state index in [4.69, 9.17) is 11.5 Å². The zero-order chi connectivity index (χ0) is 19.7. The second-order valence-corrected chi connectivity index (χ2v) is 6.62. The van der Waals surface area contributed by atoms with E-state index in [-0.39, 0.29) is 18.9 Å². The van der Waals surface area contributed by atoms with Crippen molar-refractivity contribution in [2.45, 2.75) is 44.8 Å². The van der Waals surface area contributed by atoms with Gasteiger partial charge in [-0.1, -0.05) is 44.2 Å². The molecule has 26 heavy (non-hydrogen) atoms. The highest BCUT2D eigenvalue weighted by atomic mass is 16.4. The van der Waals surface area contributed by atoms with E-state index < -0.39 is 35.9 Å². The number of carbonyl (C=O) groups is 3. The van der Waals surface area contributed by atoms with Crippen molar-refractivity contribution in [3.63, 3.8) is 0 Å². The highest BCUT2D eigenvalue weighted by Crippen LogP contribution is 2.06. The molecule has 3 atom stereocenters. The Bertz CT molecular complexity index is 606. The summed E-state index contributed by atoms with van der Waals surface area (Å²) in [5.41, 5.74) is 12.3. The number of carboxylic acid groups (broad SMARTS) is 1. The SMILES string of the molecule is CC(C)C[C@H](NC(=O)[C@H](CN)NC(=O)[C@@H](N)Cc1ccccc1)C(=O)O. The Morgan fingerprint density at radius 3 is 2.12 bits per heavy atom. The molecule has 2 amide bonds. The van der Waals surface area contributed by atoms with Gasteiger partial charge in [0.15, 0.2) is 0 Å². The van der Waals surface area contributed by atoms with Crippen molar-refractivity contribution < 1.29 is 19.5 Å². The summed E-state index contributed by atoms with van der Waals surface area (Å²) in [5, 5.41) is 14.1. The van der Waals surface area contributed by atoms with Crippen LogP contribution in [0.25, 0.3) is 0 Å². The number of carbonyl (C=O) groups excluding carboxylic acids is 2. The molecule has 1 aromatic rings. The molecular formula is C18H28N4O4. The average molecular weight is 364 g/mol. The van der Waals surface area contributed by atoms with Gasteiger partial charge in [-0.05, 0) is 24.3 Å². The topological polar surface area (TPSA) is 148 Å². The number of aliphatic carboxylic acids is 1. The lowest BCUT2D eigenvalue weighted by molar-refractivity contribution is -0.142. The second-order valence-electron chi connectivity index (χ2n) is 6.62. The first-order valence-electron chi connectivity index (χ1n) is 8.57. The fraction of sp³-hybridized carbons (Fsp3) is 0.500. The summed E-state index contributed by atoms with van der Waals surface area (Å²) >= 11 is 0. The first-order chi connectivity index (χ1) is 12.2. The van der Waals surface area contributed by atoms with E-state index in [1.165, 1.54) is 0 Å². The number of nitrogens with one attached hydrogen (secondary N) is 2. The molecule has 8 nitrogen and oxygen atoms in total. The average Bonchev–Trinajstić information content (AvgIpc) is 2.58. The molecule has 1 rings (SSSR count). The van der Waals surface area contributed by atoms with Gasteiger partial charge in [-0.15, -0.1) is 0 Å². The molecule has 0 saturated heterocycles. The van der Waals surface area contributed by atoms with Crippen LogP contribution >= 0.6 is 0 Å². The molecule has 0 aliphatic rings. The van der Waals surface area contributed by atoms with E-state index in [0.717, 1.165) is 5.56 Å². The Hall–Kier alpha value is -2.45. The minimum atomic E-state index is -1.13. The van der Waals surface area contributed by atoms with Crippen molar-refractivity contribution in [3.05, 3.63) is 35.9 Å². The van der Waals surface area contributed by atoms with Crippen LogP contribution in [0.4, 0.5) is 0 Å². The van der Waals surface area contributed by atoms with E-state index >= 15 is 0 Å². The lowest BCUT2D eigenvalue weighted by Gasteiger charge is -2.22. The molecule has 0 unspecified atom stereocenters. The third-order valence-corrected chi connectivity index (χ3v) is 3.83. The summed E-state index contributed by atoms with van der Waals surface area (Å²) < 4.78 is 0. The van der Waals surface area contributed by atoms with Crippen LogP contribution in [-0.4, -0.2) is 47.6 Å². The van der Waals surface area contributed by atoms with Crippen LogP contribution in [0.1, 0.15) is 25.8 Å². The first-order valence-corrected chi connectivity index (χ1v) is 8.57. The minimum Gasteiger partial charge on any atom is -0.480 e. The Kier molecular flexibility index (Phi) is 8.74. The summed E-state index contributed by atoms with van der Waals surface area (Å²) in [6, 6.07) is 6.33. The van der Waals surface area contributed by atoms with Crippen LogP contribution in [0.15, 0.2) is 30.3 Å². The summed E-state index contributed by atoms with van der Waals surface area (Å²) in [4.78, 5) is 35.8. The lowest BCUT2D eigenvalue weighted by Crippen LogP contribution is -2.57. The van der Waals surface area contributed by atoms with Crippen LogP contribution < -0.4 is 22.1 Å². The summed E-state index contributed by atoms with van der Waals surface area (Å²) in [6.07, 6.45) is 0.594. The normalized spacial score (nSPS) is 14.3. The Labute approximate surface area is 153 Å². The van der Waals surface area contributed by atoms with Crippen LogP contribution in [0.3, 0.4) is 0 Å². The lowest BCUT2D eigenvalue weighted by atomic mass is 10.0. The molecule has 1 aromatic carbocycles. The monoisotopic (exact) mass is 364 g/mol. The Balaban J connectivity index is 2.64. The molecule has 0 aliphatic carbocycles. The molecule has 8 heteroatoms. The van der Waals surface area contributed by atoms with Crippen molar-refractivity contribution in [2.75, 3.05) is 6.54 Å². The van der Waals surface area contributed by atoms with Crippen molar-refractivity contribution in [2.24, 2.45) is 17.4 Å². The van der Waals surface area contributed by atoms with Crippen LogP contribution in [0.2, 0.25) is 0 Å². The molecule has 0 spiro atoms. The molecule has 0 aromatic heterocycles. The molecule has 0 bridgehead atoms. The van der Waals surface area contributed by atoms with Gasteiger partial charge in [0.1, 0.15) is 12.1 Å². The fourth-order valence-corrected chi connectivity index (χ4v) is 2.44. The van der Waals surface area contributed by atoms with Crippen molar-refractivity contribution in [1.82, 2.24) is 10.6 Å². The van der Waals surface area contributed by atoms with E-state index in [9.17, 15) is 19.5 Å². The number of benzene rings is 1. The molecular weight excluding hydrogens is 336 g/mol. The van der Waals surface area contributed by atoms with Gasteiger partial charge in [0.2, 0.25) is 11.8 Å². The number of rotatable bonds is 10. The van der Waals surface area contributed by atoms with Crippen molar-refractivity contribution >= 4 is 17.8 Å². The smallest absolute Gasteiger partial charge is 0.326 e. The van der Waals surface area contributed by atoms with Crippen molar-refractivity contribution in [3.8, 4) is 0 Å². The number of amides is 2. The first kappa shape index (κ1) is 21.6. The number of nitrogens with two attached hydrogens (primary N) is 2. The third-order valence-electron chi connectivity index (χ3n) is 3.83. The largest absolute Gasteiger partial charge is 0.480 e. The van der Waals surface area contributed by atoms with Crippen LogP contribution in [0.5, 0.6) is 0 Å². The van der Waals surface area contributed by atoms with E-state index in [0.29, 0.717) is 6.42 Å². The molecule has 0 fully saturated rings. The highest BCUT2D eigenvalue weighted by Gasteiger charge is 2.27. The summed E-state index contributed by atoms with van der Waals surface area (Å²) in [5.74, 6) is -2.20. The van der Waals surface area contributed by atoms with Crippen molar-refractivity contribution in [1.29, 1.82) is 0 Å². The quantitative estimate of drug-likeness (QED) is 0.382. The molecule has 0 saturated carbocycles. The predicted octanol–water partition coefficient (Wildman–Crippen LogP) is -0.385. The Morgan fingerprint density at radius 2 is 1.62 bits per heavy atom. The van der Waals surface area contributed by atoms with Gasteiger partial charge in [-0.3, -0.25) is 9.59 Å². The van der Waals surface area contributed by atoms with Gasteiger partial charge < -0.3 is 27.2 Å². The van der Waals surface area contributed by atoms with Crippen LogP contribution in [0, 0.1) is 5.92 Å². The van der Waals surface area contributed by atoms with Gasteiger partial charge in [0.25, 0.3) is 0 Å². The van der Waals surface area contributed by atoms with E-state index in [1.807, 2.05) is 44.2 Å². The maximum atomic E-state index is 12.3. The zero-order valence-corrected chi connectivity index (χ0v) is 15.1. The summed E-state index contributed by atoms with van der Waals surface area (Å²) in [6.45, 7) is 3.55. The second kappa shape index (κ2) is 10.5. The molecule has 0 heterocycles. The zero-order valence-electron chi connectivity index (χ0n) is 15.1. The van der Waals surface area contributed by atoms with Gasteiger partial charge in [-0.2, -0.15) is 0 Å². The minimum absolute atomic E-state index is 0.0848. The highest BCUT2D eigenvalue weighted by molar-refractivity contribution is 5.92. The molecule has 0 radical (unpaired) electrons. The van der Waals surface area contributed by atoms with Gasteiger partial charge >= 0.3 is 5.97 Å². The van der Waals surface area contributed by atoms with Gasteiger partial charge in [0.05, 0.1) is 6.04 Å². The van der Waals surface area contributed by atoms with E-state index in [2.05, 4.69) is 10.6 Å². The maximum absolute atomic E-state index is 12.3.